The lowest BCUT2D eigenvalue weighted by atomic mass is 9.97. The Labute approximate surface area is 201 Å². The molecule has 5 rings (SSSR count). The molecule has 2 amide bonds. The van der Waals surface area contributed by atoms with Crippen molar-refractivity contribution in [2.75, 3.05) is 30.7 Å². The molecule has 35 heavy (non-hydrogen) atoms. The maximum absolute atomic E-state index is 12.6. The number of rotatable bonds is 5. The second kappa shape index (κ2) is 9.51. The number of hydrogen-bond acceptors (Lipinski definition) is 7. The van der Waals surface area contributed by atoms with Gasteiger partial charge in [0.2, 0.25) is 5.91 Å². The Kier molecular flexibility index (Phi) is 6.11. The molecule has 178 valence electrons. The van der Waals surface area contributed by atoms with E-state index in [1.54, 1.807) is 47.6 Å². The number of aromatic nitrogens is 4. The largest absolute Gasteiger partial charge is 0.387 e. The third kappa shape index (κ3) is 4.43. The average molecular weight is 472 g/mol. The van der Waals surface area contributed by atoms with Gasteiger partial charge in [-0.3, -0.25) is 14.0 Å². The fourth-order valence-corrected chi connectivity index (χ4v) is 4.50. The first kappa shape index (κ1) is 22.5. The van der Waals surface area contributed by atoms with Crippen LogP contribution in [0.15, 0.2) is 61.1 Å². The van der Waals surface area contributed by atoms with Gasteiger partial charge < -0.3 is 21.1 Å². The number of nitrogens with one attached hydrogen (secondary N) is 1. The quantitative estimate of drug-likeness (QED) is 0.406. The third-order valence-electron chi connectivity index (χ3n) is 6.21. The second-order valence-corrected chi connectivity index (χ2v) is 8.43. The van der Waals surface area contributed by atoms with Crippen molar-refractivity contribution in [3.63, 3.8) is 0 Å². The van der Waals surface area contributed by atoms with Crippen LogP contribution in [0.4, 0.5) is 11.6 Å². The number of hydrogen-bond donors (Lipinski definition) is 3. The number of carbonyl (C=O) groups excluding carboxylic acids is 2. The molecule has 4 heterocycles. The lowest BCUT2D eigenvalue weighted by Crippen LogP contribution is -2.40. The normalized spacial score (nSPS) is 15.8. The van der Waals surface area contributed by atoms with Crippen molar-refractivity contribution in [2.24, 2.45) is 0 Å². The SMILES string of the molecule is Nc1nccn2c(C3CCCN(C(=O)CO)C3)nc(-c3ccc(C(=O)Nc4ccccn4)cc3)c12. The van der Waals surface area contributed by atoms with Crippen molar-refractivity contribution in [3.05, 3.63) is 72.4 Å². The predicted molar refractivity (Wildman–Crippen MR) is 131 cm³/mol. The Hall–Kier alpha value is -4.31. The van der Waals surface area contributed by atoms with Crippen LogP contribution in [-0.2, 0) is 4.79 Å². The molecule has 0 aliphatic carbocycles. The molecule has 3 aromatic heterocycles. The first-order valence-electron chi connectivity index (χ1n) is 11.4. The Bertz CT molecular complexity index is 1370. The van der Waals surface area contributed by atoms with E-state index in [1.807, 2.05) is 22.7 Å². The fourth-order valence-electron chi connectivity index (χ4n) is 4.50. The molecule has 1 fully saturated rings. The minimum atomic E-state index is -0.503. The second-order valence-electron chi connectivity index (χ2n) is 8.43. The first-order valence-corrected chi connectivity index (χ1v) is 11.4. The molecule has 1 aliphatic heterocycles. The van der Waals surface area contributed by atoms with Crippen LogP contribution in [0.25, 0.3) is 16.8 Å². The van der Waals surface area contributed by atoms with E-state index in [1.165, 1.54) is 0 Å². The molecule has 4 N–H and O–H groups in total. The lowest BCUT2D eigenvalue weighted by Gasteiger charge is -2.31. The van der Waals surface area contributed by atoms with Crippen molar-refractivity contribution in [2.45, 2.75) is 18.8 Å². The van der Waals surface area contributed by atoms with E-state index >= 15 is 0 Å². The van der Waals surface area contributed by atoms with E-state index in [4.69, 9.17) is 10.7 Å². The van der Waals surface area contributed by atoms with Crippen molar-refractivity contribution < 1.29 is 14.7 Å². The van der Waals surface area contributed by atoms with Crippen LogP contribution in [0.2, 0.25) is 0 Å². The molecule has 1 unspecified atom stereocenters. The Morgan fingerprint density at radius 2 is 1.94 bits per heavy atom. The van der Waals surface area contributed by atoms with Gasteiger partial charge in [-0.15, -0.1) is 0 Å². The van der Waals surface area contributed by atoms with E-state index < -0.39 is 6.61 Å². The Balaban J connectivity index is 1.47. The van der Waals surface area contributed by atoms with Crippen LogP contribution in [0.3, 0.4) is 0 Å². The highest BCUT2D eigenvalue weighted by Crippen LogP contribution is 2.34. The van der Waals surface area contributed by atoms with Crippen LogP contribution in [0, 0.1) is 0 Å². The number of pyridine rings is 1. The summed E-state index contributed by atoms with van der Waals surface area (Å²) in [5.41, 5.74) is 8.88. The smallest absolute Gasteiger partial charge is 0.256 e. The molecule has 1 atom stereocenters. The number of nitrogens with two attached hydrogens (primary N) is 1. The number of aliphatic hydroxyl groups excluding tert-OH is 1. The van der Waals surface area contributed by atoms with Gasteiger partial charge in [-0.1, -0.05) is 18.2 Å². The number of likely N-dealkylation sites (tertiary alicyclic amines) is 1. The van der Waals surface area contributed by atoms with E-state index in [0.717, 1.165) is 24.2 Å². The summed E-state index contributed by atoms with van der Waals surface area (Å²) in [6.45, 7) is 0.599. The van der Waals surface area contributed by atoms with Gasteiger partial charge in [-0.05, 0) is 37.1 Å². The van der Waals surface area contributed by atoms with E-state index in [-0.39, 0.29) is 17.7 Å². The predicted octanol–water partition coefficient (Wildman–Crippen LogP) is 2.32. The zero-order valence-corrected chi connectivity index (χ0v) is 19.0. The number of aliphatic hydroxyl groups is 1. The molecule has 1 saturated heterocycles. The monoisotopic (exact) mass is 471 g/mol. The number of nitrogen functional groups attached to an aromatic ring is 1. The zero-order chi connectivity index (χ0) is 24.4. The summed E-state index contributed by atoms with van der Waals surface area (Å²) in [7, 11) is 0. The van der Waals surface area contributed by atoms with Crippen molar-refractivity contribution in [3.8, 4) is 11.3 Å². The molecule has 0 radical (unpaired) electrons. The Morgan fingerprint density at radius 1 is 1.11 bits per heavy atom. The number of piperidine rings is 1. The summed E-state index contributed by atoms with van der Waals surface area (Å²) in [5.74, 6) is 1.06. The molecular formula is C25H25N7O3. The van der Waals surface area contributed by atoms with Gasteiger partial charge in [0, 0.05) is 48.7 Å². The van der Waals surface area contributed by atoms with Crippen LogP contribution < -0.4 is 11.1 Å². The summed E-state index contributed by atoms with van der Waals surface area (Å²) in [6.07, 6.45) is 6.74. The molecule has 0 spiro atoms. The minimum absolute atomic E-state index is 0.00859. The topological polar surface area (TPSA) is 139 Å². The van der Waals surface area contributed by atoms with Gasteiger partial charge in [0.25, 0.3) is 5.91 Å². The van der Waals surface area contributed by atoms with Crippen molar-refractivity contribution >= 4 is 29.0 Å². The molecule has 10 heteroatoms. The van der Waals surface area contributed by atoms with Crippen LogP contribution in [-0.4, -0.2) is 60.9 Å². The number of nitrogens with zero attached hydrogens (tertiary/aromatic N) is 5. The first-order chi connectivity index (χ1) is 17.0. The third-order valence-corrected chi connectivity index (χ3v) is 6.21. The average Bonchev–Trinajstić information content (AvgIpc) is 3.30. The fraction of sp³-hybridized carbons (Fsp3) is 0.240. The van der Waals surface area contributed by atoms with Crippen LogP contribution in [0.1, 0.15) is 34.9 Å². The number of benzene rings is 1. The van der Waals surface area contributed by atoms with Gasteiger partial charge in [0.15, 0.2) is 0 Å². The maximum atomic E-state index is 12.6. The van der Waals surface area contributed by atoms with Crippen LogP contribution >= 0.6 is 0 Å². The number of amides is 2. The van der Waals surface area contributed by atoms with Crippen molar-refractivity contribution in [1.29, 1.82) is 0 Å². The Morgan fingerprint density at radius 3 is 2.69 bits per heavy atom. The van der Waals surface area contributed by atoms with Gasteiger partial charge in [-0.25, -0.2) is 15.0 Å². The number of carbonyl (C=O) groups is 2. The number of anilines is 2. The minimum Gasteiger partial charge on any atom is -0.387 e. The number of imidazole rings is 1. The van der Waals surface area contributed by atoms with Gasteiger partial charge in [0.1, 0.15) is 35.3 Å². The highest BCUT2D eigenvalue weighted by atomic mass is 16.3. The highest BCUT2D eigenvalue weighted by Gasteiger charge is 2.29. The maximum Gasteiger partial charge on any atom is 0.256 e. The highest BCUT2D eigenvalue weighted by molar-refractivity contribution is 6.04. The molecule has 1 aliphatic rings. The summed E-state index contributed by atoms with van der Waals surface area (Å²) in [6, 6.07) is 12.4. The molecule has 10 nitrogen and oxygen atoms in total. The zero-order valence-electron chi connectivity index (χ0n) is 19.0. The molecule has 4 aromatic rings. The van der Waals surface area contributed by atoms with Gasteiger partial charge in [-0.2, -0.15) is 0 Å². The summed E-state index contributed by atoms with van der Waals surface area (Å²) < 4.78 is 1.93. The van der Waals surface area contributed by atoms with Gasteiger partial charge >= 0.3 is 0 Å². The van der Waals surface area contributed by atoms with E-state index in [9.17, 15) is 14.7 Å². The molecule has 0 saturated carbocycles. The van der Waals surface area contributed by atoms with E-state index in [0.29, 0.717) is 41.5 Å². The lowest BCUT2D eigenvalue weighted by molar-refractivity contribution is -0.135. The standard InChI is InChI=1S/C25H25N7O3/c26-23-22-21(16-6-8-17(9-7-16)25(35)29-19-5-1-2-10-27-19)30-24(32(22)13-11-28-23)18-4-3-12-31(14-18)20(34)15-33/h1-2,5-11,13,18,33H,3-4,12,14-15H2,(H2,26,28)(H,27,29,35). The van der Waals surface area contributed by atoms with Crippen molar-refractivity contribution in [1.82, 2.24) is 24.3 Å². The number of fused-ring (bicyclic) bond motifs is 1. The van der Waals surface area contributed by atoms with Crippen LogP contribution in [0.5, 0.6) is 0 Å². The summed E-state index contributed by atoms with van der Waals surface area (Å²) in [4.78, 5) is 39.7. The molecular weight excluding hydrogens is 446 g/mol. The molecule has 0 bridgehead atoms. The molecule has 1 aromatic carbocycles. The summed E-state index contributed by atoms with van der Waals surface area (Å²) in [5, 5.41) is 12.1. The van der Waals surface area contributed by atoms with E-state index in [2.05, 4.69) is 15.3 Å². The van der Waals surface area contributed by atoms with Gasteiger partial charge in [0.05, 0.1) is 0 Å². The summed E-state index contributed by atoms with van der Waals surface area (Å²) >= 11 is 0.